The SMILES string of the molecule is CC1Cc2ccccc2N1C(=O)c1cnc(N2CCCc3ccccc32)nc1. The summed E-state index contributed by atoms with van der Waals surface area (Å²) in [5.74, 6) is 0.613. The van der Waals surface area contributed by atoms with Gasteiger partial charge in [0.25, 0.3) is 5.91 Å². The number of carbonyl (C=O) groups excluding carboxylic acids is 1. The molecule has 3 heterocycles. The molecule has 1 aromatic heterocycles. The average molecular weight is 370 g/mol. The van der Waals surface area contributed by atoms with Crippen molar-refractivity contribution in [1.82, 2.24) is 9.97 Å². The number of para-hydroxylation sites is 2. The highest BCUT2D eigenvalue weighted by molar-refractivity contribution is 6.07. The van der Waals surface area contributed by atoms with Gasteiger partial charge in [-0.15, -0.1) is 0 Å². The molecule has 0 saturated carbocycles. The Kier molecular flexibility index (Phi) is 4.08. The van der Waals surface area contributed by atoms with Gasteiger partial charge in [0.1, 0.15) is 0 Å². The highest BCUT2D eigenvalue weighted by atomic mass is 16.2. The van der Waals surface area contributed by atoms with E-state index >= 15 is 0 Å². The molecule has 0 bridgehead atoms. The van der Waals surface area contributed by atoms with Gasteiger partial charge < -0.3 is 9.80 Å². The summed E-state index contributed by atoms with van der Waals surface area (Å²) in [5.41, 5.74) is 5.22. The summed E-state index contributed by atoms with van der Waals surface area (Å²) in [7, 11) is 0. The van der Waals surface area contributed by atoms with Crippen molar-refractivity contribution in [1.29, 1.82) is 0 Å². The minimum atomic E-state index is -0.0388. The standard InChI is InChI=1S/C23H22N4O/c1-16-13-18-8-3-5-11-21(18)27(16)22(28)19-14-24-23(25-15-19)26-12-6-9-17-7-2-4-10-20(17)26/h2-5,7-8,10-11,14-16H,6,9,12-13H2,1H3. The van der Waals surface area contributed by atoms with Crippen LogP contribution in [0.5, 0.6) is 0 Å². The van der Waals surface area contributed by atoms with Crippen molar-refractivity contribution in [3.63, 3.8) is 0 Å². The van der Waals surface area contributed by atoms with E-state index in [1.54, 1.807) is 12.4 Å². The second-order valence-corrected chi connectivity index (χ2v) is 7.51. The third-order valence-corrected chi connectivity index (χ3v) is 5.66. The van der Waals surface area contributed by atoms with Crippen LogP contribution in [-0.4, -0.2) is 28.5 Å². The number of rotatable bonds is 2. The van der Waals surface area contributed by atoms with Crippen LogP contribution < -0.4 is 9.80 Å². The number of nitrogens with zero attached hydrogens (tertiary/aromatic N) is 4. The Labute approximate surface area is 164 Å². The fourth-order valence-corrected chi connectivity index (χ4v) is 4.33. The van der Waals surface area contributed by atoms with Crippen LogP contribution in [0, 0.1) is 0 Å². The van der Waals surface area contributed by atoms with Crippen LogP contribution >= 0.6 is 0 Å². The van der Waals surface area contributed by atoms with Gasteiger partial charge in [-0.1, -0.05) is 36.4 Å². The molecule has 0 saturated heterocycles. The normalized spacial score (nSPS) is 18.0. The number of aryl methyl sites for hydroxylation is 1. The van der Waals surface area contributed by atoms with E-state index < -0.39 is 0 Å². The van der Waals surface area contributed by atoms with Gasteiger partial charge >= 0.3 is 0 Å². The predicted molar refractivity (Wildman–Crippen MR) is 110 cm³/mol. The Morgan fingerprint density at radius 1 is 0.964 bits per heavy atom. The van der Waals surface area contributed by atoms with E-state index in [1.165, 1.54) is 11.1 Å². The van der Waals surface area contributed by atoms with Gasteiger partial charge in [0.05, 0.1) is 5.56 Å². The molecule has 0 fully saturated rings. The van der Waals surface area contributed by atoms with E-state index in [1.807, 2.05) is 29.2 Å². The minimum Gasteiger partial charge on any atom is -0.310 e. The van der Waals surface area contributed by atoms with Gasteiger partial charge in [-0.2, -0.15) is 0 Å². The topological polar surface area (TPSA) is 49.3 Å². The van der Waals surface area contributed by atoms with Crippen LogP contribution in [0.25, 0.3) is 0 Å². The smallest absolute Gasteiger partial charge is 0.261 e. The molecule has 0 radical (unpaired) electrons. The lowest BCUT2D eigenvalue weighted by molar-refractivity contribution is 0.0981. The number of hydrogen-bond acceptors (Lipinski definition) is 4. The van der Waals surface area contributed by atoms with Gasteiger partial charge in [0.2, 0.25) is 5.95 Å². The van der Waals surface area contributed by atoms with Crippen LogP contribution in [0.3, 0.4) is 0 Å². The van der Waals surface area contributed by atoms with Gasteiger partial charge in [-0.05, 0) is 49.4 Å². The number of carbonyl (C=O) groups is 1. The van der Waals surface area contributed by atoms with Crippen molar-refractivity contribution < 1.29 is 4.79 Å². The summed E-state index contributed by atoms with van der Waals surface area (Å²) in [6.45, 7) is 2.97. The monoisotopic (exact) mass is 370 g/mol. The maximum atomic E-state index is 13.1. The number of benzene rings is 2. The quantitative estimate of drug-likeness (QED) is 0.680. The fraction of sp³-hybridized carbons (Fsp3) is 0.261. The van der Waals surface area contributed by atoms with E-state index in [2.05, 4.69) is 46.1 Å². The largest absolute Gasteiger partial charge is 0.310 e. The molecule has 2 aromatic carbocycles. The number of amides is 1. The zero-order valence-corrected chi connectivity index (χ0v) is 15.9. The molecule has 140 valence electrons. The summed E-state index contributed by atoms with van der Waals surface area (Å²) < 4.78 is 0. The Bertz CT molecular complexity index is 1030. The molecule has 2 aliphatic heterocycles. The first-order valence-electron chi connectivity index (χ1n) is 9.81. The van der Waals surface area contributed by atoms with Crippen molar-refractivity contribution in [2.24, 2.45) is 0 Å². The lowest BCUT2D eigenvalue weighted by atomic mass is 10.0. The third-order valence-electron chi connectivity index (χ3n) is 5.66. The molecule has 1 atom stereocenters. The van der Waals surface area contributed by atoms with Gasteiger partial charge in [0.15, 0.2) is 0 Å². The molecule has 0 spiro atoms. The summed E-state index contributed by atoms with van der Waals surface area (Å²) in [6.07, 6.45) is 6.36. The molecular weight excluding hydrogens is 348 g/mol. The Morgan fingerprint density at radius 2 is 1.64 bits per heavy atom. The summed E-state index contributed by atoms with van der Waals surface area (Å²) in [6, 6.07) is 16.6. The summed E-state index contributed by atoms with van der Waals surface area (Å²) in [4.78, 5) is 26.2. The van der Waals surface area contributed by atoms with E-state index in [0.29, 0.717) is 11.5 Å². The molecule has 0 aliphatic carbocycles. The van der Waals surface area contributed by atoms with Crippen LogP contribution in [0.2, 0.25) is 0 Å². The first-order chi connectivity index (χ1) is 13.7. The first kappa shape index (κ1) is 16.9. The van der Waals surface area contributed by atoms with Crippen molar-refractivity contribution in [2.75, 3.05) is 16.3 Å². The van der Waals surface area contributed by atoms with Crippen molar-refractivity contribution >= 4 is 23.2 Å². The molecule has 1 unspecified atom stereocenters. The predicted octanol–water partition coefficient (Wildman–Crippen LogP) is 4.15. The number of aromatic nitrogens is 2. The second kappa shape index (κ2) is 6.75. The average Bonchev–Trinajstić information content (AvgIpc) is 3.08. The highest BCUT2D eigenvalue weighted by Crippen LogP contribution is 2.34. The number of fused-ring (bicyclic) bond motifs is 2. The Morgan fingerprint density at radius 3 is 2.43 bits per heavy atom. The van der Waals surface area contributed by atoms with Gasteiger partial charge in [-0.3, -0.25) is 4.79 Å². The number of anilines is 3. The van der Waals surface area contributed by atoms with Crippen LogP contribution in [0.4, 0.5) is 17.3 Å². The molecule has 3 aromatic rings. The van der Waals surface area contributed by atoms with Crippen LogP contribution in [-0.2, 0) is 12.8 Å². The molecule has 2 aliphatic rings. The first-order valence-corrected chi connectivity index (χ1v) is 9.81. The third kappa shape index (κ3) is 2.74. The molecule has 28 heavy (non-hydrogen) atoms. The Hall–Kier alpha value is -3.21. The minimum absolute atomic E-state index is 0.0388. The van der Waals surface area contributed by atoms with Crippen LogP contribution in [0.1, 0.15) is 34.8 Å². The Balaban J connectivity index is 1.43. The highest BCUT2D eigenvalue weighted by Gasteiger charge is 2.31. The second-order valence-electron chi connectivity index (χ2n) is 7.51. The maximum absolute atomic E-state index is 13.1. The van der Waals surface area contributed by atoms with Gasteiger partial charge in [-0.25, -0.2) is 9.97 Å². The van der Waals surface area contributed by atoms with Crippen molar-refractivity contribution in [3.8, 4) is 0 Å². The summed E-state index contributed by atoms with van der Waals surface area (Å²) >= 11 is 0. The van der Waals surface area contributed by atoms with E-state index in [-0.39, 0.29) is 11.9 Å². The molecule has 5 rings (SSSR count). The summed E-state index contributed by atoms with van der Waals surface area (Å²) in [5, 5.41) is 0. The zero-order chi connectivity index (χ0) is 19.1. The van der Waals surface area contributed by atoms with Crippen molar-refractivity contribution in [2.45, 2.75) is 32.2 Å². The van der Waals surface area contributed by atoms with E-state index in [4.69, 9.17) is 0 Å². The van der Waals surface area contributed by atoms with Gasteiger partial charge in [0, 0.05) is 36.4 Å². The maximum Gasteiger partial charge on any atom is 0.261 e. The zero-order valence-electron chi connectivity index (χ0n) is 15.9. The van der Waals surface area contributed by atoms with Crippen LogP contribution in [0.15, 0.2) is 60.9 Å². The fourth-order valence-electron chi connectivity index (χ4n) is 4.33. The molecular formula is C23H22N4O. The van der Waals surface area contributed by atoms with E-state index in [0.717, 1.165) is 37.2 Å². The van der Waals surface area contributed by atoms with Crippen molar-refractivity contribution in [3.05, 3.63) is 77.6 Å². The van der Waals surface area contributed by atoms with E-state index in [9.17, 15) is 4.79 Å². The number of hydrogen-bond donors (Lipinski definition) is 0. The molecule has 0 N–H and O–H groups in total. The lowest BCUT2D eigenvalue weighted by Gasteiger charge is -2.29. The molecule has 1 amide bonds. The lowest BCUT2D eigenvalue weighted by Crippen LogP contribution is -2.36. The molecule has 5 heteroatoms. The molecule has 5 nitrogen and oxygen atoms in total.